The lowest BCUT2D eigenvalue weighted by Gasteiger charge is -2.33. The number of amides is 1. The maximum atomic E-state index is 13.3. The van der Waals surface area contributed by atoms with Crippen LogP contribution in [0.3, 0.4) is 0 Å². The third-order valence-corrected chi connectivity index (χ3v) is 7.58. The van der Waals surface area contributed by atoms with E-state index in [0.717, 1.165) is 18.9 Å². The van der Waals surface area contributed by atoms with E-state index in [4.69, 9.17) is 0 Å². The van der Waals surface area contributed by atoms with Crippen LogP contribution in [0.25, 0.3) is 0 Å². The topological polar surface area (TPSA) is 86.7 Å². The van der Waals surface area contributed by atoms with E-state index in [-0.39, 0.29) is 35.4 Å². The van der Waals surface area contributed by atoms with Crippen molar-refractivity contribution in [2.75, 3.05) is 13.1 Å². The summed E-state index contributed by atoms with van der Waals surface area (Å²) in [6.07, 6.45) is 3.83. The average Bonchev–Trinajstić information content (AvgIpc) is 2.63. The number of aliphatic hydroxyl groups excluding tert-OH is 1. The quantitative estimate of drug-likeness (QED) is 0.812. The molecular weight excluding hydrogens is 371 g/mol. The van der Waals surface area contributed by atoms with Gasteiger partial charge in [-0.2, -0.15) is 4.31 Å². The molecule has 1 aliphatic carbocycles. The molecule has 0 aromatic heterocycles. The number of carbonyl (C=O) groups is 1. The van der Waals surface area contributed by atoms with E-state index >= 15 is 0 Å². The second kappa shape index (κ2) is 8.24. The average molecular weight is 399 g/mol. The highest BCUT2D eigenvalue weighted by molar-refractivity contribution is 7.89. The summed E-state index contributed by atoms with van der Waals surface area (Å²) in [5.74, 6) is -0.979. The van der Waals surface area contributed by atoms with Gasteiger partial charge in [0.1, 0.15) is 5.82 Å². The predicted octanol–water partition coefficient (Wildman–Crippen LogP) is 1.95. The van der Waals surface area contributed by atoms with Crippen LogP contribution in [0.4, 0.5) is 4.39 Å². The van der Waals surface area contributed by atoms with Gasteiger partial charge in [0.15, 0.2) is 0 Å². The number of halogens is 1. The maximum Gasteiger partial charge on any atom is 0.243 e. The van der Waals surface area contributed by atoms with Crippen LogP contribution in [0, 0.1) is 18.7 Å². The second-order valence-electron chi connectivity index (χ2n) is 7.63. The molecule has 1 aliphatic heterocycles. The highest BCUT2D eigenvalue weighted by Gasteiger charge is 2.35. The van der Waals surface area contributed by atoms with Crippen molar-refractivity contribution in [3.8, 4) is 0 Å². The predicted molar refractivity (Wildman–Crippen MR) is 99.0 cm³/mol. The SMILES string of the molecule is Cc1cc(F)ccc1S(=O)(=O)N1CCC[C@H](C(=O)NC2CCC(O)CC2)C1. The van der Waals surface area contributed by atoms with Gasteiger partial charge in [-0.25, -0.2) is 12.8 Å². The zero-order valence-corrected chi connectivity index (χ0v) is 16.3. The molecule has 0 unspecified atom stereocenters. The summed E-state index contributed by atoms with van der Waals surface area (Å²) in [5, 5.41) is 12.6. The lowest BCUT2D eigenvalue weighted by molar-refractivity contribution is -0.127. The summed E-state index contributed by atoms with van der Waals surface area (Å²) in [7, 11) is -3.76. The van der Waals surface area contributed by atoms with Gasteiger partial charge < -0.3 is 10.4 Å². The van der Waals surface area contributed by atoms with Gasteiger partial charge in [-0.15, -0.1) is 0 Å². The second-order valence-corrected chi connectivity index (χ2v) is 9.53. The number of hydrogen-bond acceptors (Lipinski definition) is 4. The first kappa shape index (κ1) is 20.2. The number of rotatable bonds is 4. The fraction of sp³-hybridized carbons (Fsp3) is 0.632. The van der Waals surface area contributed by atoms with E-state index in [1.54, 1.807) is 6.92 Å². The molecule has 1 saturated carbocycles. The van der Waals surface area contributed by atoms with Crippen molar-refractivity contribution in [1.29, 1.82) is 0 Å². The number of sulfonamides is 1. The molecule has 1 amide bonds. The molecule has 6 nitrogen and oxygen atoms in total. The molecule has 0 bridgehead atoms. The number of piperidine rings is 1. The number of benzene rings is 1. The molecule has 3 rings (SSSR count). The van der Waals surface area contributed by atoms with E-state index in [9.17, 15) is 22.7 Å². The van der Waals surface area contributed by atoms with Crippen LogP contribution in [0.2, 0.25) is 0 Å². The van der Waals surface area contributed by atoms with E-state index in [1.165, 1.54) is 16.4 Å². The van der Waals surface area contributed by atoms with E-state index in [2.05, 4.69) is 5.32 Å². The minimum Gasteiger partial charge on any atom is -0.393 e. The Labute approximate surface area is 159 Å². The molecule has 0 spiro atoms. The van der Waals surface area contributed by atoms with Gasteiger partial charge in [-0.05, 0) is 69.2 Å². The Morgan fingerprint density at radius 3 is 2.59 bits per heavy atom. The third kappa shape index (κ3) is 4.67. The molecule has 1 aromatic carbocycles. The largest absolute Gasteiger partial charge is 0.393 e. The molecular formula is C19H27FN2O4S. The minimum atomic E-state index is -3.76. The van der Waals surface area contributed by atoms with Gasteiger partial charge in [0.25, 0.3) is 0 Å². The molecule has 8 heteroatoms. The number of hydrogen-bond donors (Lipinski definition) is 2. The standard InChI is InChI=1S/C19H27FN2O4S/c1-13-11-15(20)4-9-18(13)27(25,26)22-10-2-3-14(12-22)19(24)21-16-5-7-17(23)8-6-16/h4,9,11,14,16-17,23H,2-3,5-8,10,12H2,1H3,(H,21,24)/t14-,16?,17?/m0/s1. The summed E-state index contributed by atoms with van der Waals surface area (Å²) >= 11 is 0. The van der Waals surface area contributed by atoms with Crippen molar-refractivity contribution in [1.82, 2.24) is 9.62 Å². The van der Waals surface area contributed by atoms with E-state index in [0.29, 0.717) is 37.8 Å². The molecule has 150 valence electrons. The van der Waals surface area contributed by atoms with Crippen LogP contribution in [-0.4, -0.2) is 49.0 Å². The summed E-state index contributed by atoms with van der Waals surface area (Å²) in [5.41, 5.74) is 0.363. The molecule has 27 heavy (non-hydrogen) atoms. The first-order valence-corrected chi connectivity index (χ1v) is 11.0. The summed E-state index contributed by atoms with van der Waals surface area (Å²) in [4.78, 5) is 12.7. The van der Waals surface area contributed by atoms with Gasteiger partial charge in [-0.1, -0.05) is 0 Å². The van der Waals surface area contributed by atoms with Crippen molar-refractivity contribution in [3.05, 3.63) is 29.6 Å². The highest BCUT2D eigenvalue weighted by Crippen LogP contribution is 2.27. The minimum absolute atomic E-state index is 0.0484. The first-order valence-electron chi connectivity index (χ1n) is 9.52. The van der Waals surface area contributed by atoms with Crippen LogP contribution in [0.1, 0.15) is 44.1 Å². The third-order valence-electron chi connectivity index (χ3n) is 5.55. The first-order chi connectivity index (χ1) is 12.8. The zero-order valence-electron chi connectivity index (χ0n) is 15.5. The Balaban J connectivity index is 1.67. The molecule has 2 N–H and O–H groups in total. The Morgan fingerprint density at radius 2 is 1.93 bits per heavy atom. The van der Waals surface area contributed by atoms with Crippen LogP contribution in [0.5, 0.6) is 0 Å². The molecule has 1 aromatic rings. The highest BCUT2D eigenvalue weighted by atomic mass is 32.2. The number of aliphatic hydroxyl groups is 1. The molecule has 1 saturated heterocycles. The van der Waals surface area contributed by atoms with Crippen molar-refractivity contribution in [2.45, 2.75) is 62.5 Å². The Morgan fingerprint density at radius 1 is 1.22 bits per heavy atom. The van der Waals surface area contributed by atoms with Gasteiger partial charge in [-0.3, -0.25) is 4.79 Å². The zero-order chi connectivity index (χ0) is 19.6. The summed E-state index contributed by atoms with van der Waals surface area (Å²) in [6, 6.07) is 3.69. The van der Waals surface area contributed by atoms with E-state index in [1.807, 2.05) is 0 Å². The fourth-order valence-electron chi connectivity index (χ4n) is 3.96. The number of aryl methyl sites for hydroxylation is 1. The summed E-state index contributed by atoms with van der Waals surface area (Å²) < 4.78 is 40.6. The van der Waals surface area contributed by atoms with Crippen molar-refractivity contribution < 1.29 is 22.7 Å². The number of nitrogens with one attached hydrogen (secondary N) is 1. The van der Waals surface area contributed by atoms with Crippen LogP contribution < -0.4 is 5.32 Å². The molecule has 0 radical (unpaired) electrons. The fourth-order valence-corrected chi connectivity index (χ4v) is 5.68. The lowest BCUT2D eigenvalue weighted by Crippen LogP contribution is -2.48. The molecule has 1 heterocycles. The Hall–Kier alpha value is -1.51. The van der Waals surface area contributed by atoms with E-state index < -0.39 is 15.8 Å². The molecule has 2 fully saturated rings. The van der Waals surface area contributed by atoms with Crippen molar-refractivity contribution >= 4 is 15.9 Å². The maximum absolute atomic E-state index is 13.3. The normalized spacial score (nSPS) is 27.3. The van der Waals surface area contributed by atoms with Crippen molar-refractivity contribution in [2.24, 2.45) is 5.92 Å². The molecule has 1 atom stereocenters. The van der Waals surface area contributed by atoms with Gasteiger partial charge >= 0.3 is 0 Å². The number of carbonyl (C=O) groups excluding carboxylic acids is 1. The van der Waals surface area contributed by atoms with Crippen LogP contribution in [0.15, 0.2) is 23.1 Å². The Bertz CT molecular complexity index is 791. The summed E-state index contributed by atoms with van der Waals surface area (Å²) in [6.45, 7) is 2.07. The number of nitrogens with zero attached hydrogens (tertiary/aromatic N) is 1. The smallest absolute Gasteiger partial charge is 0.243 e. The van der Waals surface area contributed by atoms with Gasteiger partial charge in [0.2, 0.25) is 15.9 Å². The lowest BCUT2D eigenvalue weighted by atomic mass is 9.92. The monoisotopic (exact) mass is 398 g/mol. The molecule has 2 aliphatic rings. The van der Waals surface area contributed by atoms with Crippen LogP contribution in [-0.2, 0) is 14.8 Å². The Kier molecular flexibility index (Phi) is 6.18. The van der Waals surface area contributed by atoms with Crippen LogP contribution >= 0.6 is 0 Å². The van der Waals surface area contributed by atoms with Crippen molar-refractivity contribution in [3.63, 3.8) is 0 Å². The van der Waals surface area contributed by atoms with Gasteiger partial charge in [0, 0.05) is 19.1 Å². The van der Waals surface area contributed by atoms with Gasteiger partial charge in [0.05, 0.1) is 16.9 Å².